The van der Waals surface area contributed by atoms with Crippen LogP contribution in [0.5, 0.6) is 0 Å². The van der Waals surface area contributed by atoms with E-state index in [0.29, 0.717) is 18.0 Å². The van der Waals surface area contributed by atoms with Gasteiger partial charge in [0, 0.05) is 41.8 Å². The van der Waals surface area contributed by atoms with Gasteiger partial charge in [-0.25, -0.2) is 4.98 Å². The molecule has 0 spiro atoms. The van der Waals surface area contributed by atoms with Gasteiger partial charge in [0.25, 0.3) is 5.91 Å². The quantitative estimate of drug-likeness (QED) is 0.467. The van der Waals surface area contributed by atoms with Crippen LogP contribution < -0.4 is 5.32 Å². The van der Waals surface area contributed by atoms with Gasteiger partial charge in [-0.1, -0.05) is 0 Å². The summed E-state index contributed by atoms with van der Waals surface area (Å²) in [4.78, 5) is 18.5. The van der Waals surface area contributed by atoms with Crippen LogP contribution >= 0.6 is 11.3 Å². The molecule has 0 unspecified atom stereocenters. The molecule has 29 heavy (non-hydrogen) atoms. The Morgan fingerprint density at radius 1 is 1.21 bits per heavy atom. The van der Waals surface area contributed by atoms with E-state index >= 15 is 0 Å². The van der Waals surface area contributed by atoms with Gasteiger partial charge in [0.15, 0.2) is 0 Å². The molecule has 0 aliphatic rings. The minimum absolute atomic E-state index is 0.0903. The Morgan fingerprint density at radius 2 is 2.17 bits per heavy atom. The predicted molar refractivity (Wildman–Crippen MR) is 110 cm³/mol. The number of furan rings is 1. The number of nitrogens with zero attached hydrogens (tertiary/aromatic N) is 4. The average molecular weight is 403 g/mol. The molecule has 1 N–H and O–H groups in total. The van der Waals surface area contributed by atoms with Crippen molar-refractivity contribution in [3.05, 3.63) is 89.8 Å². The minimum atomic E-state index is -0.0903. The van der Waals surface area contributed by atoms with E-state index in [-0.39, 0.29) is 5.91 Å². The van der Waals surface area contributed by atoms with Crippen LogP contribution in [-0.2, 0) is 13.1 Å². The molecule has 0 saturated heterocycles. The van der Waals surface area contributed by atoms with Gasteiger partial charge in [-0.05, 0) is 42.0 Å². The van der Waals surface area contributed by atoms with Crippen LogP contribution in [-0.4, -0.2) is 25.1 Å². The van der Waals surface area contributed by atoms with Crippen LogP contribution in [0, 0.1) is 0 Å². The highest BCUT2D eigenvalue weighted by molar-refractivity contribution is 7.17. The van der Waals surface area contributed by atoms with Crippen LogP contribution in [0.2, 0.25) is 0 Å². The van der Waals surface area contributed by atoms with E-state index in [2.05, 4.69) is 15.4 Å². The summed E-state index contributed by atoms with van der Waals surface area (Å²) in [6, 6.07) is 11.5. The van der Waals surface area contributed by atoms with E-state index in [4.69, 9.17) is 4.42 Å². The third-order valence-electron chi connectivity index (χ3n) is 4.56. The molecule has 0 aromatic carbocycles. The van der Waals surface area contributed by atoms with Gasteiger partial charge in [-0.3, -0.25) is 9.48 Å². The highest BCUT2D eigenvalue weighted by Gasteiger charge is 2.12. The number of hydrogen-bond donors (Lipinski definition) is 1. The van der Waals surface area contributed by atoms with Gasteiger partial charge in [0.2, 0.25) is 0 Å². The summed E-state index contributed by atoms with van der Waals surface area (Å²) in [6.45, 7) is 1.03. The first-order valence-corrected chi connectivity index (χ1v) is 9.91. The van der Waals surface area contributed by atoms with E-state index in [1.165, 1.54) is 11.3 Å². The average Bonchev–Trinajstić information content (AvgIpc) is 3.53. The molecule has 0 aliphatic heterocycles. The summed E-state index contributed by atoms with van der Waals surface area (Å²) in [5.41, 5.74) is 2.85. The van der Waals surface area contributed by atoms with E-state index in [9.17, 15) is 4.79 Å². The van der Waals surface area contributed by atoms with Crippen molar-refractivity contribution in [1.82, 2.24) is 24.5 Å². The zero-order valence-corrected chi connectivity index (χ0v) is 16.2. The zero-order valence-electron chi connectivity index (χ0n) is 15.4. The third-order valence-corrected chi connectivity index (χ3v) is 5.69. The fraction of sp³-hybridized carbons (Fsp3) is 0.0952. The Kier molecular flexibility index (Phi) is 4.45. The van der Waals surface area contributed by atoms with Crippen molar-refractivity contribution in [3.8, 4) is 10.4 Å². The maximum Gasteiger partial charge on any atom is 0.261 e. The van der Waals surface area contributed by atoms with Gasteiger partial charge < -0.3 is 14.1 Å². The lowest BCUT2D eigenvalue weighted by molar-refractivity contribution is 0.0955. The highest BCUT2D eigenvalue weighted by atomic mass is 32.1. The number of fused-ring (bicyclic) bond motifs is 1. The molecule has 0 atom stereocenters. The van der Waals surface area contributed by atoms with Crippen molar-refractivity contribution in [2.45, 2.75) is 13.1 Å². The second-order valence-corrected chi connectivity index (χ2v) is 7.66. The van der Waals surface area contributed by atoms with Crippen molar-refractivity contribution in [1.29, 1.82) is 0 Å². The molecular weight excluding hydrogens is 386 g/mol. The number of pyridine rings is 1. The lowest BCUT2D eigenvalue weighted by Crippen LogP contribution is -2.21. The Bertz CT molecular complexity index is 1270. The molecule has 5 aromatic rings. The Labute approximate surface area is 170 Å². The molecule has 7 nitrogen and oxygen atoms in total. The normalized spacial score (nSPS) is 11.2. The second-order valence-electron chi connectivity index (χ2n) is 6.58. The Hall–Kier alpha value is -3.65. The van der Waals surface area contributed by atoms with E-state index in [0.717, 1.165) is 27.4 Å². The lowest BCUT2D eigenvalue weighted by atomic mass is 10.2. The molecule has 0 saturated carbocycles. The summed E-state index contributed by atoms with van der Waals surface area (Å²) in [5.74, 6) is 0.756. The van der Waals surface area contributed by atoms with Crippen molar-refractivity contribution >= 4 is 22.9 Å². The fourth-order valence-electron chi connectivity index (χ4n) is 3.09. The predicted octanol–water partition coefficient (Wildman–Crippen LogP) is 3.83. The third kappa shape index (κ3) is 3.70. The molecule has 8 heteroatoms. The molecule has 0 radical (unpaired) electrons. The van der Waals surface area contributed by atoms with E-state index in [1.807, 2.05) is 64.1 Å². The summed E-state index contributed by atoms with van der Waals surface area (Å²) in [6.07, 6.45) is 11.0. The van der Waals surface area contributed by atoms with Gasteiger partial charge >= 0.3 is 0 Å². The van der Waals surface area contributed by atoms with Crippen LogP contribution in [0.4, 0.5) is 0 Å². The van der Waals surface area contributed by atoms with Gasteiger partial charge in [0.05, 0.1) is 23.9 Å². The fourth-order valence-corrected chi connectivity index (χ4v) is 3.98. The number of carbonyl (C=O) groups excluding carboxylic acids is 1. The molecule has 144 valence electrons. The van der Waals surface area contributed by atoms with Crippen molar-refractivity contribution in [3.63, 3.8) is 0 Å². The molecule has 0 aliphatic carbocycles. The molecule has 0 fully saturated rings. The monoisotopic (exact) mass is 403 g/mol. The number of amides is 1. The maximum absolute atomic E-state index is 12.5. The van der Waals surface area contributed by atoms with Gasteiger partial charge in [-0.15, -0.1) is 11.3 Å². The zero-order chi connectivity index (χ0) is 19.6. The molecular formula is C21H17N5O2S. The minimum Gasteiger partial charge on any atom is -0.467 e. The number of thiophene rings is 1. The lowest BCUT2D eigenvalue weighted by Gasteiger charge is -2.04. The molecule has 5 heterocycles. The second kappa shape index (κ2) is 7.40. The summed E-state index contributed by atoms with van der Waals surface area (Å²) in [7, 11) is 0. The number of imidazole rings is 1. The number of hydrogen-bond acceptors (Lipinski definition) is 5. The molecule has 5 aromatic heterocycles. The van der Waals surface area contributed by atoms with Crippen LogP contribution in [0.15, 0.2) is 78.1 Å². The highest BCUT2D eigenvalue weighted by Crippen LogP contribution is 2.28. The SMILES string of the molecule is O=C(NCc1ccn2ccnc2c1)c1ccc(-c2cnn(Cc3ccco3)c2)s1. The van der Waals surface area contributed by atoms with Crippen molar-refractivity contribution in [2.75, 3.05) is 0 Å². The van der Waals surface area contributed by atoms with E-state index < -0.39 is 0 Å². The Balaban J connectivity index is 1.24. The topological polar surface area (TPSA) is 77.4 Å². The summed E-state index contributed by atoms with van der Waals surface area (Å²) < 4.78 is 9.11. The van der Waals surface area contributed by atoms with Crippen molar-refractivity contribution in [2.24, 2.45) is 0 Å². The largest absolute Gasteiger partial charge is 0.467 e. The van der Waals surface area contributed by atoms with Crippen molar-refractivity contribution < 1.29 is 9.21 Å². The first-order chi connectivity index (χ1) is 14.2. The van der Waals surface area contributed by atoms with Crippen LogP contribution in [0.1, 0.15) is 21.0 Å². The first kappa shape index (κ1) is 17.4. The van der Waals surface area contributed by atoms with Gasteiger partial charge in [-0.2, -0.15) is 5.10 Å². The first-order valence-electron chi connectivity index (χ1n) is 9.09. The number of rotatable bonds is 6. The van der Waals surface area contributed by atoms with Crippen LogP contribution in [0.3, 0.4) is 0 Å². The summed E-state index contributed by atoms with van der Waals surface area (Å²) in [5, 5.41) is 7.35. The van der Waals surface area contributed by atoms with Gasteiger partial charge in [0.1, 0.15) is 11.4 Å². The van der Waals surface area contributed by atoms with E-state index in [1.54, 1.807) is 18.7 Å². The standard InChI is InChI=1S/C21H17N5O2S/c27-21(23-11-15-5-7-25-8-6-22-20(25)10-15)19-4-3-18(29-19)16-12-24-26(13-16)14-17-2-1-9-28-17/h1-10,12-13H,11,14H2,(H,23,27). The number of nitrogens with one attached hydrogen (secondary N) is 1. The summed E-state index contributed by atoms with van der Waals surface area (Å²) >= 11 is 1.45. The Morgan fingerprint density at radius 3 is 3.07 bits per heavy atom. The number of carbonyl (C=O) groups is 1. The molecule has 0 bridgehead atoms. The maximum atomic E-state index is 12.5. The van der Waals surface area contributed by atoms with Crippen LogP contribution in [0.25, 0.3) is 16.1 Å². The molecule has 1 amide bonds. The molecule has 5 rings (SSSR count). The number of aromatic nitrogens is 4. The smallest absolute Gasteiger partial charge is 0.261 e.